The number of rotatable bonds is 7. The van der Waals surface area contributed by atoms with E-state index in [0.29, 0.717) is 12.5 Å². The molecule has 8 heteroatoms. The lowest BCUT2D eigenvalue weighted by molar-refractivity contribution is -0.140. The van der Waals surface area contributed by atoms with Gasteiger partial charge in [0.1, 0.15) is 6.54 Å². The summed E-state index contributed by atoms with van der Waals surface area (Å²) in [4.78, 5) is 34.7. The monoisotopic (exact) mass is 275 g/mol. The Hall–Kier alpha value is -1.83. The van der Waals surface area contributed by atoms with Gasteiger partial charge < -0.3 is 25.7 Å². The molecule has 0 fully saturated rings. The Labute approximate surface area is 111 Å². The van der Waals surface area contributed by atoms with E-state index < -0.39 is 24.6 Å². The molecule has 3 amide bonds. The molecular weight excluding hydrogens is 254 g/mol. The average Bonchev–Trinajstić information content (AvgIpc) is 2.32. The average molecular weight is 275 g/mol. The number of amides is 3. The Morgan fingerprint density at radius 1 is 1.26 bits per heavy atom. The number of nitrogens with zero attached hydrogens (tertiary/aromatic N) is 1. The number of hydrogen-bond acceptors (Lipinski definition) is 4. The van der Waals surface area contributed by atoms with E-state index in [0.717, 1.165) is 4.90 Å². The molecule has 0 aromatic rings. The van der Waals surface area contributed by atoms with Crippen LogP contribution in [0.4, 0.5) is 4.79 Å². The molecular formula is C11H21N3O5. The van der Waals surface area contributed by atoms with Crippen molar-refractivity contribution in [2.24, 2.45) is 5.92 Å². The molecule has 0 saturated heterocycles. The summed E-state index contributed by atoms with van der Waals surface area (Å²) >= 11 is 0. The van der Waals surface area contributed by atoms with E-state index in [1.807, 2.05) is 13.8 Å². The zero-order valence-electron chi connectivity index (χ0n) is 11.3. The number of carboxylic acids is 1. The third-order valence-electron chi connectivity index (χ3n) is 2.21. The summed E-state index contributed by atoms with van der Waals surface area (Å²) in [5.41, 5.74) is 0. The molecule has 4 N–H and O–H groups in total. The lowest BCUT2D eigenvalue weighted by Gasteiger charge is -2.20. The number of nitrogens with one attached hydrogen (secondary N) is 2. The van der Waals surface area contributed by atoms with E-state index in [2.05, 4.69) is 10.6 Å². The fourth-order valence-corrected chi connectivity index (χ4v) is 1.11. The number of aliphatic hydroxyl groups excluding tert-OH is 1. The smallest absolute Gasteiger partial charge is 0.328 e. The molecule has 0 rings (SSSR count). The number of carbonyl (C=O) groups excluding carboxylic acids is 2. The molecule has 0 aliphatic rings. The normalized spacial score (nSPS) is 11.8. The maximum atomic E-state index is 11.6. The van der Waals surface area contributed by atoms with Gasteiger partial charge in [-0.3, -0.25) is 4.79 Å². The molecule has 0 saturated carbocycles. The fourth-order valence-electron chi connectivity index (χ4n) is 1.11. The highest BCUT2D eigenvalue weighted by Gasteiger charge is 2.21. The predicted molar refractivity (Wildman–Crippen MR) is 67.5 cm³/mol. The molecule has 110 valence electrons. The van der Waals surface area contributed by atoms with E-state index in [9.17, 15) is 14.4 Å². The first kappa shape index (κ1) is 17.2. The number of carboxylic acid groups (broad SMARTS) is 1. The first-order valence-electron chi connectivity index (χ1n) is 5.89. The van der Waals surface area contributed by atoms with Crippen LogP contribution in [0.2, 0.25) is 0 Å². The van der Waals surface area contributed by atoms with Crippen molar-refractivity contribution in [1.82, 2.24) is 15.5 Å². The van der Waals surface area contributed by atoms with Crippen molar-refractivity contribution in [3.05, 3.63) is 0 Å². The van der Waals surface area contributed by atoms with Crippen LogP contribution in [0.1, 0.15) is 13.8 Å². The molecule has 19 heavy (non-hydrogen) atoms. The van der Waals surface area contributed by atoms with Crippen molar-refractivity contribution < 1.29 is 24.6 Å². The summed E-state index contributed by atoms with van der Waals surface area (Å²) in [6, 6.07) is -2.12. The predicted octanol–water partition coefficient (Wildman–Crippen LogP) is -1.15. The Bertz CT molecular complexity index is 332. The summed E-state index contributed by atoms with van der Waals surface area (Å²) in [7, 11) is 1.36. The van der Waals surface area contributed by atoms with E-state index in [1.165, 1.54) is 7.05 Å². The summed E-state index contributed by atoms with van der Waals surface area (Å²) in [5.74, 6) is -1.37. The van der Waals surface area contributed by atoms with Crippen molar-refractivity contribution in [3.63, 3.8) is 0 Å². The third kappa shape index (κ3) is 7.24. The van der Waals surface area contributed by atoms with Crippen molar-refractivity contribution in [1.29, 1.82) is 0 Å². The van der Waals surface area contributed by atoms with E-state index >= 15 is 0 Å². The molecule has 0 heterocycles. The van der Waals surface area contributed by atoms with E-state index in [-0.39, 0.29) is 12.5 Å². The van der Waals surface area contributed by atoms with Crippen molar-refractivity contribution in [2.45, 2.75) is 19.9 Å². The number of aliphatic hydroxyl groups is 1. The van der Waals surface area contributed by atoms with Gasteiger partial charge in [0.05, 0.1) is 6.61 Å². The van der Waals surface area contributed by atoms with Crippen LogP contribution in [0.15, 0.2) is 0 Å². The van der Waals surface area contributed by atoms with E-state index in [1.54, 1.807) is 0 Å². The van der Waals surface area contributed by atoms with Crippen molar-refractivity contribution in [2.75, 3.05) is 26.7 Å². The second-order valence-electron chi connectivity index (χ2n) is 4.58. The topological polar surface area (TPSA) is 119 Å². The van der Waals surface area contributed by atoms with Gasteiger partial charge in [0.2, 0.25) is 5.91 Å². The summed E-state index contributed by atoms with van der Waals surface area (Å²) in [6.45, 7) is 3.48. The first-order chi connectivity index (χ1) is 8.77. The molecule has 0 bridgehead atoms. The van der Waals surface area contributed by atoms with Gasteiger partial charge in [0, 0.05) is 13.6 Å². The highest BCUT2D eigenvalue weighted by molar-refractivity contribution is 5.86. The zero-order chi connectivity index (χ0) is 15.0. The lowest BCUT2D eigenvalue weighted by Crippen LogP contribution is -2.50. The van der Waals surface area contributed by atoms with Gasteiger partial charge in [-0.05, 0) is 5.92 Å². The van der Waals surface area contributed by atoms with Gasteiger partial charge in [0.15, 0.2) is 6.04 Å². The molecule has 0 aromatic heterocycles. The van der Waals surface area contributed by atoms with E-state index in [4.69, 9.17) is 10.2 Å². The van der Waals surface area contributed by atoms with Gasteiger partial charge in [-0.15, -0.1) is 0 Å². The largest absolute Gasteiger partial charge is 0.480 e. The molecule has 0 aromatic carbocycles. The standard InChI is InChI=1S/C11H21N3O5/c1-7(2)4-12-9(16)5-14(3)11(19)13-8(6-15)10(17)18/h7-8,15H,4-6H2,1-3H3,(H,12,16)(H,13,19)(H,17,18)/t8-/m1/s1. The Kier molecular flexibility index (Phi) is 7.50. The SMILES string of the molecule is CC(C)CNC(=O)CN(C)C(=O)N[C@H](CO)C(=O)O. The van der Waals surface area contributed by atoms with Crippen LogP contribution in [-0.4, -0.2) is 65.8 Å². The molecule has 0 aliphatic carbocycles. The zero-order valence-corrected chi connectivity index (χ0v) is 11.3. The maximum Gasteiger partial charge on any atom is 0.328 e. The first-order valence-corrected chi connectivity index (χ1v) is 5.89. The lowest BCUT2D eigenvalue weighted by atomic mass is 10.2. The summed E-state index contributed by atoms with van der Waals surface area (Å²) in [5, 5.41) is 22.1. The molecule has 8 nitrogen and oxygen atoms in total. The van der Waals surface area contributed by atoms with Crippen molar-refractivity contribution >= 4 is 17.9 Å². The third-order valence-corrected chi connectivity index (χ3v) is 2.21. The summed E-state index contributed by atoms with van der Waals surface area (Å²) < 4.78 is 0. The van der Waals surface area contributed by atoms with Crippen LogP contribution in [0.5, 0.6) is 0 Å². The van der Waals surface area contributed by atoms with Crippen LogP contribution in [0.3, 0.4) is 0 Å². The maximum absolute atomic E-state index is 11.6. The molecule has 0 unspecified atom stereocenters. The second kappa shape index (κ2) is 8.30. The molecule has 0 radical (unpaired) electrons. The van der Waals surface area contributed by atoms with Gasteiger partial charge in [0.25, 0.3) is 0 Å². The highest BCUT2D eigenvalue weighted by atomic mass is 16.4. The van der Waals surface area contributed by atoms with Crippen LogP contribution < -0.4 is 10.6 Å². The van der Waals surface area contributed by atoms with Crippen LogP contribution in [-0.2, 0) is 9.59 Å². The summed E-state index contributed by atoms with van der Waals surface area (Å²) in [6.07, 6.45) is 0. The van der Waals surface area contributed by atoms with Gasteiger partial charge >= 0.3 is 12.0 Å². The van der Waals surface area contributed by atoms with Crippen molar-refractivity contribution in [3.8, 4) is 0 Å². The number of hydrogen-bond donors (Lipinski definition) is 4. The fraction of sp³-hybridized carbons (Fsp3) is 0.727. The Balaban J connectivity index is 4.19. The van der Waals surface area contributed by atoms with Crippen LogP contribution in [0.25, 0.3) is 0 Å². The van der Waals surface area contributed by atoms with Crippen LogP contribution in [0, 0.1) is 5.92 Å². The minimum atomic E-state index is -1.38. The Morgan fingerprint density at radius 2 is 1.84 bits per heavy atom. The minimum absolute atomic E-state index is 0.184. The molecule has 1 atom stereocenters. The minimum Gasteiger partial charge on any atom is -0.480 e. The highest BCUT2D eigenvalue weighted by Crippen LogP contribution is 1.91. The Morgan fingerprint density at radius 3 is 2.26 bits per heavy atom. The number of urea groups is 1. The van der Waals surface area contributed by atoms with Gasteiger partial charge in [-0.2, -0.15) is 0 Å². The number of carbonyl (C=O) groups is 3. The van der Waals surface area contributed by atoms with Gasteiger partial charge in [-0.1, -0.05) is 13.8 Å². The van der Waals surface area contributed by atoms with Crippen LogP contribution >= 0.6 is 0 Å². The van der Waals surface area contributed by atoms with Gasteiger partial charge in [-0.25, -0.2) is 9.59 Å². The second-order valence-corrected chi connectivity index (χ2v) is 4.58. The molecule has 0 aliphatic heterocycles. The number of likely N-dealkylation sites (N-methyl/N-ethyl adjacent to an activating group) is 1. The molecule has 0 spiro atoms. The quantitative estimate of drug-likeness (QED) is 0.467. The number of aliphatic carboxylic acids is 1.